The van der Waals surface area contributed by atoms with Gasteiger partial charge in [0.25, 0.3) is 0 Å². The summed E-state index contributed by atoms with van der Waals surface area (Å²) < 4.78 is 0. The molecule has 3 heteroatoms. The number of nitrogens with zero attached hydrogens (tertiary/aromatic N) is 2. The first-order chi connectivity index (χ1) is 5.25. The summed E-state index contributed by atoms with van der Waals surface area (Å²) in [5.74, 6) is 1.06. The van der Waals surface area contributed by atoms with Gasteiger partial charge in [0.05, 0.1) is 0 Å². The molecule has 1 heterocycles. The number of rotatable bonds is 3. The molecule has 3 nitrogen and oxygen atoms in total. The zero-order valence-electron chi connectivity index (χ0n) is 7.39. The van der Waals surface area contributed by atoms with E-state index in [0.717, 1.165) is 18.8 Å². The Morgan fingerprint density at radius 2 is 2.36 bits per heavy atom. The molecular weight excluding hydrogens is 138 g/mol. The highest BCUT2D eigenvalue weighted by molar-refractivity contribution is 5.43. The zero-order chi connectivity index (χ0) is 8.27. The van der Waals surface area contributed by atoms with E-state index < -0.39 is 0 Å². The van der Waals surface area contributed by atoms with Gasteiger partial charge in [0, 0.05) is 25.4 Å². The second-order valence-electron chi connectivity index (χ2n) is 2.81. The van der Waals surface area contributed by atoms with Crippen LogP contribution in [0.4, 0.5) is 5.82 Å². The standard InChI is InChI=1S/C8H15N3/c1-4-5-11(3)8-7(2)6-9-10-8/h6H,4-5H2,1-3H3,(H,9,10). The summed E-state index contributed by atoms with van der Waals surface area (Å²) in [6.07, 6.45) is 3.07. The SMILES string of the molecule is CCCN(C)c1n[nH]cc1C. The number of H-pyrrole nitrogens is 1. The van der Waals surface area contributed by atoms with Gasteiger partial charge in [-0.3, -0.25) is 5.10 Å². The molecule has 0 aromatic carbocycles. The van der Waals surface area contributed by atoms with Crippen molar-refractivity contribution >= 4 is 5.82 Å². The van der Waals surface area contributed by atoms with Gasteiger partial charge in [-0.1, -0.05) is 6.92 Å². The van der Waals surface area contributed by atoms with Crippen LogP contribution < -0.4 is 4.90 Å². The Bertz CT molecular complexity index is 217. The molecule has 11 heavy (non-hydrogen) atoms. The lowest BCUT2D eigenvalue weighted by Gasteiger charge is -2.15. The van der Waals surface area contributed by atoms with E-state index in [1.807, 2.05) is 6.20 Å². The molecule has 0 aliphatic carbocycles. The predicted molar refractivity (Wildman–Crippen MR) is 46.9 cm³/mol. The number of aromatic amines is 1. The number of hydrogen-bond donors (Lipinski definition) is 1. The maximum Gasteiger partial charge on any atom is 0.153 e. The molecule has 0 atom stereocenters. The minimum atomic E-state index is 1.06. The number of hydrogen-bond acceptors (Lipinski definition) is 2. The summed E-state index contributed by atoms with van der Waals surface area (Å²) >= 11 is 0. The molecule has 62 valence electrons. The molecule has 0 aliphatic rings. The minimum absolute atomic E-state index is 1.06. The highest BCUT2D eigenvalue weighted by Gasteiger charge is 2.04. The summed E-state index contributed by atoms with van der Waals surface area (Å²) in [5, 5.41) is 6.98. The first kappa shape index (κ1) is 8.11. The van der Waals surface area contributed by atoms with Crippen molar-refractivity contribution in [1.82, 2.24) is 10.2 Å². The van der Waals surface area contributed by atoms with Crippen LogP contribution in [0.2, 0.25) is 0 Å². The molecule has 1 aromatic rings. The van der Waals surface area contributed by atoms with Gasteiger partial charge in [-0.15, -0.1) is 0 Å². The van der Waals surface area contributed by atoms with Gasteiger partial charge in [-0.05, 0) is 13.3 Å². The summed E-state index contributed by atoms with van der Waals surface area (Å²) in [6.45, 7) is 5.29. The third-order valence-corrected chi connectivity index (χ3v) is 1.72. The van der Waals surface area contributed by atoms with Gasteiger partial charge in [-0.25, -0.2) is 0 Å². The third-order valence-electron chi connectivity index (χ3n) is 1.72. The Morgan fingerprint density at radius 1 is 1.64 bits per heavy atom. The van der Waals surface area contributed by atoms with Crippen molar-refractivity contribution in [3.05, 3.63) is 11.8 Å². The smallest absolute Gasteiger partial charge is 0.153 e. The van der Waals surface area contributed by atoms with Gasteiger partial charge in [0.1, 0.15) is 0 Å². The van der Waals surface area contributed by atoms with Crippen LogP contribution in [-0.4, -0.2) is 23.8 Å². The van der Waals surface area contributed by atoms with Gasteiger partial charge in [0.2, 0.25) is 0 Å². The van der Waals surface area contributed by atoms with Crippen molar-refractivity contribution < 1.29 is 0 Å². The molecule has 0 radical (unpaired) electrons. The van der Waals surface area contributed by atoms with E-state index >= 15 is 0 Å². The molecule has 0 spiro atoms. The highest BCUT2D eigenvalue weighted by Crippen LogP contribution is 2.13. The van der Waals surface area contributed by atoms with Crippen molar-refractivity contribution in [3.63, 3.8) is 0 Å². The molecule has 1 rings (SSSR count). The van der Waals surface area contributed by atoms with E-state index in [4.69, 9.17) is 0 Å². The first-order valence-electron chi connectivity index (χ1n) is 3.97. The molecule has 0 saturated carbocycles. The number of nitrogens with one attached hydrogen (secondary N) is 1. The Balaban J connectivity index is 2.67. The van der Waals surface area contributed by atoms with Crippen LogP contribution in [0.15, 0.2) is 6.20 Å². The molecule has 0 unspecified atom stereocenters. The van der Waals surface area contributed by atoms with Crippen LogP contribution in [-0.2, 0) is 0 Å². The second kappa shape index (κ2) is 3.42. The maximum absolute atomic E-state index is 4.14. The van der Waals surface area contributed by atoms with E-state index in [0.29, 0.717) is 0 Å². The minimum Gasteiger partial charge on any atom is -0.358 e. The molecule has 0 fully saturated rings. The number of aryl methyl sites for hydroxylation is 1. The van der Waals surface area contributed by atoms with Crippen LogP contribution in [0.3, 0.4) is 0 Å². The normalized spacial score (nSPS) is 10.1. The van der Waals surface area contributed by atoms with Crippen LogP contribution in [0.1, 0.15) is 18.9 Å². The quantitative estimate of drug-likeness (QED) is 0.714. The summed E-state index contributed by atoms with van der Waals surface area (Å²) in [7, 11) is 2.06. The summed E-state index contributed by atoms with van der Waals surface area (Å²) in [6, 6.07) is 0. The third kappa shape index (κ3) is 1.73. The van der Waals surface area contributed by atoms with Crippen LogP contribution in [0.25, 0.3) is 0 Å². The molecule has 1 N–H and O–H groups in total. The average molecular weight is 153 g/mol. The van der Waals surface area contributed by atoms with E-state index in [1.165, 1.54) is 5.56 Å². The number of aromatic nitrogens is 2. The van der Waals surface area contributed by atoms with Gasteiger partial charge < -0.3 is 4.90 Å². The Labute approximate surface area is 67.4 Å². The average Bonchev–Trinajstić information content (AvgIpc) is 2.36. The van der Waals surface area contributed by atoms with Crippen molar-refractivity contribution in [2.24, 2.45) is 0 Å². The second-order valence-corrected chi connectivity index (χ2v) is 2.81. The first-order valence-corrected chi connectivity index (χ1v) is 3.97. The molecule has 1 aromatic heterocycles. The fourth-order valence-electron chi connectivity index (χ4n) is 1.17. The molecule has 0 amide bonds. The number of anilines is 1. The maximum atomic E-state index is 4.14. The lowest BCUT2D eigenvalue weighted by atomic mass is 10.3. The van der Waals surface area contributed by atoms with E-state index in [9.17, 15) is 0 Å². The van der Waals surface area contributed by atoms with Crippen molar-refractivity contribution in [2.45, 2.75) is 20.3 Å². The fraction of sp³-hybridized carbons (Fsp3) is 0.625. The van der Waals surface area contributed by atoms with Crippen LogP contribution >= 0.6 is 0 Å². The topological polar surface area (TPSA) is 31.9 Å². The zero-order valence-corrected chi connectivity index (χ0v) is 7.39. The van der Waals surface area contributed by atoms with Gasteiger partial charge in [-0.2, -0.15) is 5.10 Å². The van der Waals surface area contributed by atoms with Crippen LogP contribution in [0, 0.1) is 6.92 Å². The van der Waals surface area contributed by atoms with Crippen molar-refractivity contribution in [2.75, 3.05) is 18.5 Å². The molecule has 0 saturated heterocycles. The lowest BCUT2D eigenvalue weighted by molar-refractivity contribution is 0.830. The molecule has 0 aliphatic heterocycles. The molecular formula is C8H15N3. The van der Waals surface area contributed by atoms with Crippen molar-refractivity contribution in [3.8, 4) is 0 Å². The Hall–Kier alpha value is -0.990. The Morgan fingerprint density at radius 3 is 2.82 bits per heavy atom. The van der Waals surface area contributed by atoms with Crippen molar-refractivity contribution in [1.29, 1.82) is 0 Å². The molecule has 0 bridgehead atoms. The van der Waals surface area contributed by atoms with E-state index in [1.54, 1.807) is 0 Å². The van der Waals surface area contributed by atoms with E-state index in [2.05, 4.69) is 36.0 Å². The van der Waals surface area contributed by atoms with Crippen LogP contribution in [0.5, 0.6) is 0 Å². The summed E-state index contributed by atoms with van der Waals surface area (Å²) in [5.41, 5.74) is 1.21. The fourth-order valence-corrected chi connectivity index (χ4v) is 1.17. The lowest BCUT2D eigenvalue weighted by Crippen LogP contribution is -2.18. The summed E-state index contributed by atoms with van der Waals surface area (Å²) in [4.78, 5) is 2.16. The monoisotopic (exact) mass is 153 g/mol. The predicted octanol–water partition coefficient (Wildman–Crippen LogP) is 1.56. The van der Waals surface area contributed by atoms with Gasteiger partial charge >= 0.3 is 0 Å². The van der Waals surface area contributed by atoms with Gasteiger partial charge in [0.15, 0.2) is 5.82 Å². The largest absolute Gasteiger partial charge is 0.358 e. The Kier molecular flexibility index (Phi) is 2.52. The van der Waals surface area contributed by atoms with E-state index in [-0.39, 0.29) is 0 Å². The highest BCUT2D eigenvalue weighted by atomic mass is 15.3.